The van der Waals surface area contributed by atoms with E-state index in [0.29, 0.717) is 18.3 Å². The number of aromatic nitrogens is 2. The second-order valence-corrected chi connectivity index (χ2v) is 6.71. The van der Waals surface area contributed by atoms with Crippen LogP contribution in [-0.4, -0.2) is 34.0 Å². The van der Waals surface area contributed by atoms with Crippen molar-refractivity contribution in [1.29, 1.82) is 0 Å². The summed E-state index contributed by atoms with van der Waals surface area (Å²) >= 11 is 0. The minimum atomic E-state index is -0.292. The van der Waals surface area contributed by atoms with Crippen LogP contribution in [-0.2, 0) is 4.79 Å². The van der Waals surface area contributed by atoms with Crippen molar-refractivity contribution in [2.24, 2.45) is 5.92 Å². The highest BCUT2D eigenvalue weighted by molar-refractivity contribution is 5.79. The largest absolute Gasteiger partial charge is 0.342 e. The van der Waals surface area contributed by atoms with Crippen molar-refractivity contribution in [3.05, 3.63) is 36.0 Å². The zero-order valence-electron chi connectivity index (χ0n) is 13.4. The summed E-state index contributed by atoms with van der Waals surface area (Å²) in [5.41, 5.74) is 0.726. The lowest BCUT2D eigenvalue weighted by Crippen LogP contribution is -2.44. The van der Waals surface area contributed by atoms with E-state index in [0.717, 1.165) is 37.8 Å². The lowest BCUT2D eigenvalue weighted by molar-refractivity contribution is -0.139. The van der Waals surface area contributed by atoms with Crippen LogP contribution in [0.5, 0.6) is 0 Å². The van der Waals surface area contributed by atoms with Gasteiger partial charge in [0, 0.05) is 24.6 Å². The number of hydrogen-bond donors (Lipinski definition) is 0. The molecule has 1 atom stereocenters. The number of nitrogens with zero attached hydrogens (tertiary/aromatic N) is 3. The first-order valence-electron chi connectivity index (χ1n) is 8.59. The zero-order valence-corrected chi connectivity index (χ0v) is 13.4. The van der Waals surface area contributed by atoms with Crippen LogP contribution in [0.25, 0.3) is 11.4 Å². The molecule has 2 aliphatic rings. The third-order valence-electron chi connectivity index (χ3n) is 5.08. The SMILES string of the molecule is O=C(C1CCC1)N1CCCC(c2nc(-c3ccc(F)cc3)no2)C1. The smallest absolute Gasteiger partial charge is 0.231 e. The number of hydrogen-bond acceptors (Lipinski definition) is 4. The summed E-state index contributed by atoms with van der Waals surface area (Å²) in [6, 6.07) is 6.03. The fourth-order valence-electron chi connectivity index (χ4n) is 3.41. The van der Waals surface area contributed by atoms with Gasteiger partial charge in [-0.25, -0.2) is 4.39 Å². The monoisotopic (exact) mass is 329 g/mol. The average molecular weight is 329 g/mol. The molecule has 5 nitrogen and oxygen atoms in total. The molecule has 0 N–H and O–H groups in total. The van der Waals surface area contributed by atoms with Gasteiger partial charge in [0.05, 0.1) is 5.92 Å². The van der Waals surface area contributed by atoms with Gasteiger partial charge < -0.3 is 9.42 Å². The number of likely N-dealkylation sites (tertiary alicyclic amines) is 1. The summed E-state index contributed by atoms with van der Waals surface area (Å²) in [4.78, 5) is 18.9. The van der Waals surface area contributed by atoms with Crippen molar-refractivity contribution in [3.63, 3.8) is 0 Å². The number of rotatable bonds is 3. The maximum atomic E-state index is 13.0. The van der Waals surface area contributed by atoms with E-state index in [2.05, 4.69) is 10.1 Å². The minimum Gasteiger partial charge on any atom is -0.342 e. The summed E-state index contributed by atoms with van der Waals surface area (Å²) in [6.45, 7) is 1.48. The van der Waals surface area contributed by atoms with E-state index in [1.165, 1.54) is 18.6 Å². The van der Waals surface area contributed by atoms with Gasteiger partial charge in [0.25, 0.3) is 0 Å². The van der Waals surface area contributed by atoms with Gasteiger partial charge >= 0.3 is 0 Å². The van der Waals surface area contributed by atoms with Gasteiger partial charge in [-0.1, -0.05) is 11.6 Å². The molecule has 24 heavy (non-hydrogen) atoms. The van der Waals surface area contributed by atoms with Gasteiger partial charge in [-0.3, -0.25) is 4.79 Å². The Bertz CT molecular complexity index is 724. The van der Waals surface area contributed by atoms with Crippen molar-refractivity contribution in [2.45, 2.75) is 38.0 Å². The Morgan fingerprint density at radius 2 is 1.96 bits per heavy atom. The molecule has 1 aliphatic heterocycles. The van der Waals surface area contributed by atoms with Gasteiger partial charge in [0.2, 0.25) is 17.6 Å². The molecule has 1 saturated carbocycles. The van der Waals surface area contributed by atoms with Crippen LogP contribution in [0.1, 0.15) is 43.9 Å². The second kappa shape index (κ2) is 6.34. The molecule has 4 rings (SSSR count). The van der Waals surface area contributed by atoms with Gasteiger partial charge in [0.1, 0.15) is 5.82 Å². The number of carbonyl (C=O) groups excluding carboxylic acids is 1. The zero-order chi connectivity index (χ0) is 16.5. The number of carbonyl (C=O) groups is 1. The Kier molecular flexibility index (Phi) is 4.04. The molecule has 126 valence electrons. The summed E-state index contributed by atoms with van der Waals surface area (Å²) < 4.78 is 18.4. The number of benzene rings is 1. The predicted octanol–water partition coefficient (Wildman–Crippen LogP) is 3.38. The molecular weight excluding hydrogens is 309 g/mol. The van der Waals surface area contributed by atoms with Gasteiger partial charge in [-0.15, -0.1) is 0 Å². The third kappa shape index (κ3) is 2.92. The quantitative estimate of drug-likeness (QED) is 0.866. The van der Waals surface area contributed by atoms with E-state index in [4.69, 9.17) is 4.52 Å². The van der Waals surface area contributed by atoms with Crippen molar-refractivity contribution in [2.75, 3.05) is 13.1 Å². The summed E-state index contributed by atoms with van der Waals surface area (Å²) in [6.07, 6.45) is 5.11. The summed E-state index contributed by atoms with van der Waals surface area (Å²) in [5.74, 6) is 1.34. The Morgan fingerprint density at radius 3 is 2.67 bits per heavy atom. The lowest BCUT2D eigenvalue weighted by Gasteiger charge is -2.36. The Balaban J connectivity index is 1.47. The fraction of sp³-hybridized carbons (Fsp3) is 0.500. The first-order valence-corrected chi connectivity index (χ1v) is 8.59. The first kappa shape index (κ1) is 15.3. The van der Waals surface area contributed by atoms with E-state index < -0.39 is 0 Å². The lowest BCUT2D eigenvalue weighted by atomic mass is 9.83. The number of piperidine rings is 1. The molecule has 1 saturated heterocycles. The average Bonchev–Trinajstić information content (AvgIpc) is 3.04. The van der Waals surface area contributed by atoms with Crippen molar-refractivity contribution >= 4 is 5.91 Å². The topological polar surface area (TPSA) is 59.2 Å². The minimum absolute atomic E-state index is 0.0875. The van der Waals surface area contributed by atoms with E-state index in [9.17, 15) is 9.18 Å². The van der Waals surface area contributed by atoms with Crippen LogP contribution in [0.4, 0.5) is 4.39 Å². The normalized spacial score (nSPS) is 21.5. The van der Waals surface area contributed by atoms with Crippen LogP contribution >= 0.6 is 0 Å². The second-order valence-electron chi connectivity index (χ2n) is 6.71. The molecule has 1 aromatic heterocycles. The van der Waals surface area contributed by atoms with Crippen LogP contribution in [0.3, 0.4) is 0 Å². The summed E-state index contributed by atoms with van der Waals surface area (Å²) in [7, 11) is 0. The van der Waals surface area contributed by atoms with Crippen LogP contribution < -0.4 is 0 Å². The Morgan fingerprint density at radius 1 is 1.17 bits per heavy atom. The van der Waals surface area contributed by atoms with Crippen molar-refractivity contribution in [1.82, 2.24) is 15.0 Å². The van der Waals surface area contributed by atoms with E-state index in [-0.39, 0.29) is 23.6 Å². The fourth-order valence-corrected chi connectivity index (χ4v) is 3.41. The van der Waals surface area contributed by atoms with Crippen molar-refractivity contribution < 1.29 is 13.7 Å². The maximum Gasteiger partial charge on any atom is 0.231 e. The van der Waals surface area contributed by atoms with Crippen LogP contribution in [0, 0.1) is 11.7 Å². The molecule has 1 unspecified atom stereocenters. The number of halogens is 1. The molecule has 2 heterocycles. The molecule has 1 amide bonds. The van der Waals surface area contributed by atoms with Gasteiger partial charge in [0.15, 0.2) is 0 Å². The predicted molar refractivity (Wildman–Crippen MR) is 85.6 cm³/mol. The Labute approximate surface area is 139 Å². The van der Waals surface area contributed by atoms with Crippen LogP contribution in [0.15, 0.2) is 28.8 Å². The van der Waals surface area contributed by atoms with Crippen LogP contribution in [0.2, 0.25) is 0 Å². The molecule has 6 heteroatoms. The molecule has 2 aromatic rings. The molecule has 0 bridgehead atoms. The maximum absolute atomic E-state index is 13.0. The third-order valence-corrected chi connectivity index (χ3v) is 5.08. The molecule has 2 fully saturated rings. The summed E-state index contributed by atoms with van der Waals surface area (Å²) in [5, 5.41) is 4.01. The highest BCUT2D eigenvalue weighted by atomic mass is 19.1. The van der Waals surface area contributed by atoms with E-state index in [1.54, 1.807) is 12.1 Å². The van der Waals surface area contributed by atoms with E-state index in [1.807, 2.05) is 4.90 Å². The molecule has 1 aliphatic carbocycles. The van der Waals surface area contributed by atoms with Gasteiger partial charge in [-0.2, -0.15) is 4.98 Å². The highest BCUT2D eigenvalue weighted by Gasteiger charge is 2.34. The standard InChI is InChI=1S/C18H20FN3O2/c19-15-8-6-12(7-9-15)16-20-17(24-21-16)14-5-2-10-22(11-14)18(23)13-3-1-4-13/h6-9,13-14H,1-5,10-11H2. The van der Waals surface area contributed by atoms with E-state index >= 15 is 0 Å². The highest BCUT2D eigenvalue weighted by Crippen LogP contribution is 2.32. The Hall–Kier alpha value is -2.24. The molecule has 0 radical (unpaired) electrons. The number of amides is 1. The first-order chi connectivity index (χ1) is 11.7. The van der Waals surface area contributed by atoms with Crippen molar-refractivity contribution in [3.8, 4) is 11.4 Å². The molecule has 1 aromatic carbocycles. The van der Waals surface area contributed by atoms with Gasteiger partial charge in [-0.05, 0) is 49.9 Å². The molecular formula is C18H20FN3O2. The molecule has 0 spiro atoms.